The number of hydrogen-bond acceptors (Lipinski definition) is 6. The SMILES string of the molecule is COc1cccnc1C(=O)Nc1nn[nH]n1. The number of rotatable bonds is 3. The highest BCUT2D eigenvalue weighted by molar-refractivity contribution is 6.03. The molecule has 0 fully saturated rings. The third-order valence-electron chi connectivity index (χ3n) is 1.78. The minimum absolute atomic E-state index is 0.0812. The molecule has 0 spiro atoms. The molecule has 0 aliphatic heterocycles. The number of ether oxygens (including phenoxy) is 1. The number of amides is 1. The van der Waals surface area contributed by atoms with Gasteiger partial charge in [0.15, 0.2) is 5.69 Å². The fourth-order valence-electron chi connectivity index (χ4n) is 1.10. The smallest absolute Gasteiger partial charge is 0.280 e. The quantitative estimate of drug-likeness (QED) is 0.745. The summed E-state index contributed by atoms with van der Waals surface area (Å²) in [5.74, 6) is 0.0000472. The Hall–Kier alpha value is -2.51. The van der Waals surface area contributed by atoms with E-state index >= 15 is 0 Å². The number of H-pyrrole nitrogens is 1. The number of tetrazole rings is 1. The molecule has 1 amide bonds. The van der Waals surface area contributed by atoms with Crippen molar-refractivity contribution < 1.29 is 9.53 Å². The van der Waals surface area contributed by atoms with Crippen LogP contribution in [-0.2, 0) is 0 Å². The van der Waals surface area contributed by atoms with Crippen LogP contribution in [0.25, 0.3) is 0 Å². The van der Waals surface area contributed by atoms with E-state index in [2.05, 4.69) is 30.9 Å². The van der Waals surface area contributed by atoms with Crippen LogP contribution in [-0.4, -0.2) is 38.6 Å². The molecule has 2 heterocycles. The molecular formula is C8H8N6O2. The lowest BCUT2D eigenvalue weighted by molar-refractivity contribution is 0.101. The van der Waals surface area contributed by atoms with E-state index in [0.717, 1.165) is 0 Å². The lowest BCUT2D eigenvalue weighted by atomic mass is 10.3. The molecule has 0 saturated heterocycles. The van der Waals surface area contributed by atoms with Crippen molar-refractivity contribution in [2.45, 2.75) is 0 Å². The molecule has 0 saturated carbocycles. The first-order chi connectivity index (χ1) is 7.81. The van der Waals surface area contributed by atoms with Gasteiger partial charge in [-0.05, 0) is 17.3 Å². The van der Waals surface area contributed by atoms with Crippen LogP contribution in [0.15, 0.2) is 18.3 Å². The number of pyridine rings is 1. The number of carbonyl (C=O) groups excluding carboxylic acids is 1. The lowest BCUT2D eigenvalue weighted by Gasteiger charge is -2.04. The van der Waals surface area contributed by atoms with Crippen LogP contribution in [0, 0.1) is 0 Å². The number of anilines is 1. The minimum atomic E-state index is -0.459. The largest absolute Gasteiger partial charge is 0.494 e. The van der Waals surface area contributed by atoms with E-state index in [1.165, 1.54) is 13.3 Å². The molecule has 0 unspecified atom stereocenters. The van der Waals surface area contributed by atoms with E-state index in [1.54, 1.807) is 12.1 Å². The summed E-state index contributed by atoms with van der Waals surface area (Å²) in [4.78, 5) is 15.6. The van der Waals surface area contributed by atoms with Crippen LogP contribution < -0.4 is 10.1 Å². The van der Waals surface area contributed by atoms with Crippen molar-refractivity contribution in [3.63, 3.8) is 0 Å². The zero-order valence-electron chi connectivity index (χ0n) is 8.34. The lowest BCUT2D eigenvalue weighted by Crippen LogP contribution is -2.15. The molecule has 2 aromatic rings. The van der Waals surface area contributed by atoms with Crippen molar-refractivity contribution in [2.24, 2.45) is 0 Å². The summed E-state index contributed by atoms with van der Waals surface area (Å²) in [5.41, 5.74) is 0.162. The predicted molar refractivity (Wildman–Crippen MR) is 52.9 cm³/mol. The van der Waals surface area contributed by atoms with Crippen LogP contribution in [0.1, 0.15) is 10.5 Å². The van der Waals surface area contributed by atoms with Gasteiger partial charge in [-0.1, -0.05) is 5.10 Å². The molecule has 0 aliphatic carbocycles. The molecule has 16 heavy (non-hydrogen) atoms. The summed E-state index contributed by atoms with van der Waals surface area (Å²) in [6.07, 6.45) is 1.49. The summed E-state index contributed by atoms with van der Waals surface area (Å²) < 4.78 is 5.00. The second-order valence-electron chi connectivity index (χ2n) is 2.74. The van der Waals surface area contributed by atoms with Crippen molar-refractivity contribution in [3.8, 4) is 5.75 Å². The molecule has 0 aromatic carbocycles. The number of nitrogens with one attached hydrogen (secondary N) is 2. The van der Waals surface area contributed by atoms with E-state index in [4.69, 9.17) is 4.74 Å². The van der Waals surface area contributed by atoms with E-state index < -0.39 is 5.91 Å². The van der Waals surface area contributed by atoms with Crippen molar-refractivity contribution in [1.29, 1.82) is 0 Å². The number of carbonyl (C=O) groups is 1. The highest BCUT2D eigenvalue weighted by Gasteiger charge is 2.14. The highest BCUT2D eigenvalue weighted by Crippen LogP contribution is 2.15. The Morgan fingerprint density at radius 1 is 1.56 bits per heavy atom. The first-order valence-electron chi connectivity index (χ1n) is 4.35. The van der Waals surface area contributed by atoms with Crippen LogP contribution in [0.4, 0.5) is 5.95 Å². The van der Waals surface area contributed by atoms with Crippen LogP contribution in [0.5, 0.6) is 5.75 Å². The van der Waals surface area contributed by atoms with E-state index in [0.29, 0.717) is 5.75 Å². The van der Waals surface area contributed by atoms with Gasteiger partial charge in [-0.2, -0.15) is 5.21 Å². The van der Waals surface area contributed by atoms with Gasteiger partial charge in [0.2, 0.25) is 0 Å². The molecule has 2 aromatic heterocycles. The molecule has 2 rings (SSSR count). The van der Waals surface area contributed by atoms with E-state index in [1.807, 2.05) is 0 Å². The zero-order valence-corrected chi connectivity index (χ0v) is 8.34. The average Bonchev–Trinajstić information content (AvgIpc) is 2.81. The molecule has 82 valence electrons. The first-order valence-corrected chi connectivity index (χ1v) is 4.35. The molecule has 8 nitrogen and oxygen atoms in total. The van der Waals surface area contributed by atoms with Crippen molar-refractivity contribution >= 4 is 11.9 Å². The monoisotopic (exact) mass is 220 g/mol. The Bertz CT molecular complexity index is 483. The van der Waals surface area contributed by atoms with Gasteiger partial charge >= 0.3 is 0 Å². The Morgan fingerprint density at radius 3 is 3.12 bits per heavy atom. The Morgan fingerprint density at radius 2 is 2.44 bits per heavy atom. The maximum absolute atomic E-state index is 11.7. The van der Waals surface area contributed by atoms with Crippen LogP contribution in [0.2, 0.25) is 0 Å². The molecule has 0 aliphatic rings. The maximum Gasteiger partial charge on any atom is 0.280 e. The Labute approximate surface area is 90.0 Å². The molecule has 0 atom stereocenters. The van der Waals surface area contributed by atoms with E-state index in [-0.39, 0.29) is 11.6 Å². The van der Waals surface area contributed by atoms with E-state index in [9.17, 15) is 4.79 Å². The highest BCUT2D eigenvalue weighted by atomic mass is 16.5. The van der Waals surface area contributed by atoms with Gasteiger partial charge in [-0.15, -0.1) is 5.10 Å². The second-order valence-corrected chi connectivity index (χ2v) is 2.74. The van der Waals surface area contributed by atoms with Crippen LogP contribution in [0.3, 0.4) is 0 Å². The number of aromatic nitrogens is 5. The molecular weight excluding hydrogens is 212 g/mol. The van der Waals surface area contributed by atoms with Crippen molar-refractivity contribution in [3.05, 3.63) is 24.0 Å². The number of aromatic amines is 1. The molecule has 8 heteroatoms. The molecule has 0 radical (unpaired) electrons. The summed E-state index contributed by atoms with van der Waals surface area (Å²) in [6.45, 7) is 0. The number of hydrogen-bond donors (Lipinski definition) is 2. The second kappa shape index (κ2) is 4.34. The Balaban J connectivity index is 2.21. The normalized spacial score (nSPS) is 9.81. The summed E-state index contributed by atoms with van der Waals surface area (Å²) in [7, 11) is 1.46. The fraction of sp³-hybridized carbons (Fsp3) is 0.125. The topological polar surface area (TPSA) is 106 Å². The zero-order chi connectivity index (χ0) is 11.4. The minimum Gasteiger partial charge on any atom is -0.494 e. The third-order valence-corrected chi connectivity index (χ3v) is 1.78. The van der Waals surface area contributed by atoms with Crippen molar-refractivity contribution in [1.82, 2.24) is 25.6 Å². The van der Waals surface area contributed by atoms with Gasteiger partial charge in [0, 0.05) is 6.20 Å². The summed E-state index contributed by atoms with van der Waals surface area (Å²) >= 11 is 0. The van der Waals surface area contributed by atoms with Crippen LogP contribution >= 0.6 is 0 Å². The fourth-order valence-corrected chi connectivity index (χ4v) is 1.10. The number of nitrogens with zero attached hydrogens (tertiary/aromatic N) is 4. The third kappa shape index (κ3) is 1.95. The van der Waals surface area contributed by atoms with Gasteiger partial charge in [0.25, 0.3) is 11.9 Å². The van der Waals surface area contributed by atoms with Gasteiger partial charge in [-0.3, -0.25) is 10.1 Å². The Kier molecular flexibility index (Phi) is 2.72. The standard InChI is InChI=1S/C8H8N6O2/c1-16-5-3-2-4-9-6(5)7(15)10-8-11-13-14-12-8/h2-4H,1H3,(H2,10,11,12,13,14,15). The molecule has 0 bridgehead atoms. The van der Waals surface area contributed by atoms with Gasteiger partial charge in [0.05, 0.1) is 7.11 Å². The number of methoxy groups -OCH3 is 1. The summed E-state index contributed by atoms with van der Waals surface area (Å²) in [6, 6.07) is 3.31. The molecule has 2 N–H and O–H groups in total. The van der Waals surface area contributed by atoms with Gasteiger partial charge < -0.3 is 4.74 Å². The van der Waals surface area contributed by atoms with Crippen molar-refractivity contribution in [2.75, 3.05) is 12.4 Å². The van der Waals surface area contributed by atoms with Gasteiger partial charge in [0.1, 0.15) is 5.75 Å². The first kappa shape index (κ1) is 10.0. The summed E-state index contributed by atoms with van der Waals surface area (Å²) in [5, 5.41) is 15.1. The predicted octanol–water partition coefficient (Wildman–Crippen LogP) is -0.144. The van der Waals surface area contributed by atoms with Gasteiger partial charge in [-0.25, -0.2) is 4.98 Å². The maximum atomic E-state index is 11.7. The average molecular weight is 220 g/mol.